The van der Waals surface area contributed by atoms with Crippen LogP contribution in [0.5, 0.6) is 0 Å². The molecule has 3 aromatic rings. The SMILES string of the molecule is Cc1cc(C(=O)N2CCN(C(=O)c3ccoc3)CC2)c2ccccc2n1. The summed E-state index contributed by atoms with van der Waals surface area (Å²) >= 11 is 0. The Labute approximate surface area is 151 Å². The van der Waals surface area contributed by atoms with Gasteiger partial charge in [-0.2, -0.15) is 0 Å². The maximum Gasteiger partial charge on any atom is 0.257 e. The number of nitrogens with zero attached hydrogens (tertiary/aromatic N) is 3. The molecule has 1 saturated heterocycles. The third kappa shape index (κ3) is 2.94. The first-order valence-electron chi connectivity index (χ1n) is 8.60. The minimum atomic E-state index is -0.0592. The fourth-order valence-electron chi connectivity index (χ4n) is 3.34. The molecule has 0 N–H and O–H groups in total. The van der Waals surface area contributed by atoms with Gasteiger partial charge in [-0.1, -0.05) is 18.2 Å². The summed E-state index contributed by atoms with van der Waals surface area (Å²) in [7, 11) is 0. The second-order valence-corrected chi connectivity index (χ2v) is 6.42. The molecule has 1 aliphatic heterocycles. The highest BCUT2D eigenvalue weighted by atomic mass is 16.3. The molecule has 0 spiro atoms. The summed E-state index contributed by atoms with van der Waals surface area (Å²) < 4.78 is 4.98. The molecule has 1 aromatic carbocycles. The Balaban J connectivity index is 1.52. The first kappa shape index (κ1) is 16.3. The number of pyridine rings is 1. The van der Waals surface area contributed by atoms with Crippen LogP contribution in [0, 0.1) is 6.92 Å². The molecule has 4 rings (SSSR count). The molecule has 0 unspecified atom stereocenters. The van der Waals surface area contributed by atoms with Crippen LogP contribution in [0.1, 0.15) is 26.4 Å². The second kappa shape index (κ2) is 6.63. The highest BCUT2D eigenvalue weighted by molar-refractivity contribution is 6.06. The third-order valence-corrected chi connectivity index (χ3v) is 4.70. The normalized spacial score (nSPS) is 14.7. The van der Waals surface area contributed by atoms with Gasteiger partial charge in [0.1, 0.15) is 6.26 Å². The highest BCUT2D eigenvalue weighted by Crippen LogP contribution is 2.21. The molecular weight excluding hydrogens is 330 g/mol. The number of carbonyl (C=O) groups excluding carboxylic acids is 2. The van der Waals surface area contributed by atoms with Crippen molar-refractivity contribution < 1.29 is 14.0 Å². The molecule has 0 radical (unpaired) electrons. The number of hydrogen-bond acceptors (Lipinski definition) is 4. The fourth-order valence-corrected chi connectivity index (χ4v) is 3.34. The molecule has 3 heterocycles. The zero-order valence-corrected chi connectivity index (χ0v) is 14.5. The lowest BCUT2D eigenvalue weighted by atomic mass is 10.1. The second-order valence-electron chi connectivity index (χ2n) is 6.42. The molecular formula is C20H19N3O3. The van der Waals surface area contributed by atoms with Crippen molar-refractivity contribution in [3.63, 3.8) is 0 Å². The van der Waals surface area contributed by atoms with Gasteiger partial charge in [-0.3, -0.25) is 14.6 Å². The molecule has 26 heavy (non-hydrogen) atoms. The zero-order valence-electron chi connectivity index (χ0n) is 14.5. The molecule has 0 aliphatic carbocycles. The molecule has 0 atom stereocenters. The Morgan fingerprint density at radius 2 is 1.69 bits per heavy atom. The van der Waals surface area contributed by atoms with E-state index in [1.807, 2.05) is 37.3 Å². The van der Waals surface area contributed by atoms with Gasteiger partial charge in [0, 0.05) is 37.3 Å². The van der Waals surface area contributed by atoms with Crippen molar-refractivity contribution in [1.82, 2.24) is 14.8 Å². The van der Waals surface area contributed by atoms with E-state index in [9.17, 15) is 9.59 Å². The molecule has 1 aliphatic rings. The van der Waals surface area contributed by atoms with Crippen molar-refractivity contribution in [3.05, 3.63) is 65.7 Å². The van der Waals surface area contributed by atoms with Gasteiger partial charge in [0.15, 0.2) is 0 Å². The van der Waals surface area contributed by atoms with Crippen LogP contribution < -0.4 is 0 Å². The van der Waals surface area contributed by atoms with Gasteiger partial charge in [-0.05, 0) is 25.1 Å². The minimum Gasteiger partial charge on any atom is -0.472 e. The first-order valence-corrected chi connectivity index (χ1v) is 8.60. The van der Waals surface area contributed by atoms with Crippen LogP contribution in [-0.2, 0) is 0 Å². The molecule has 6 heteroatoms. The smallest absolute Gasteiger partial charge is 0.257 e. The van der Waals surface area contributed by atoms with E-state index in [1.165, 1.54) is 12.5 Å². The van der Waals surface area contributed by atoms with E-state index < -0.39 is 0 Å². The van der Waals surface area contributed by atoms with E-state index in [0.717, 1.165) is 16.6 Å². The number of para-hydroxylation sites is 1. The first-order chi connectivity index (χ1) is 12.6. The maximum atomic E-state index is 13.1. The number of aryl methyl sites for hydroxylation is 1. The Morgan fingerprint density at radius 3 is 2.38 bits per heavy atom. The number of piperazine rings is 1. The lowest BCUT2D eigenvalue weighted by Gasteiger charge is -2.34. The van der Waals surface area contributed by atoms with Crippen molar-refractivity contribution in [2.24, 2.45) is 0 Å². The summed E-state index contributed by atoms with van der Waals surface area (Å²) in [6.07, 6.45) is 2.94. The number of carbonyl (C=O) groups is 2. The molecule has 6 nitrogen and oxygen atoms in total. The third-order valence-electron chi connectivity index (χ3n) is 4.70. The predicted molar refractivity (Wildman–Crippen MR) is 97.0 cm³/mol. The lowest BCUT2D eigenvalue weighted by molar-refractivity contribution is 0.0536. The van der Waals surface area contributed by atoms with Gasteiger partial charge < -0.3 is 14.2 Å². The monoisotopic (exact) mass is 349 g/mol. The molecule has 0 bridgehead atoms. The molecule has 2 amide bonds. The Hall–Kier alpha value is -3.15. The largest absolute Gasteiger partial charge is 0.472 e. The molecule has 0 saturated carbocycles. The van der Waals surface area contributed by atoms with Gasteiger partial charge in [0.05, 0.1) is 22.9 Å². The van der Waals surface area contributed by atoms with Crippen LogP contribution in [-0.4, -0.2) is 52.8 Å². The molecule has 2 aromatic heterocycles. The highest BCUT2D eigenvalue weighted by Gasteiger charge is 2.26. The van der Waals surface area contributed by atoms with Crippen LogP contribution in [0.3, 0.4) is 0 Å². The van der Waals surface area contributed by atoms with E-state index in [1.54, 1.807) is 15.9 Å². The van der Waals surface area contributed by atoms with Crippen LogP contribution in [0.25, 0.3) is 10.9 Å². The molecule has 1 fully saturated rings. The van der Waals surface area contributed by atoms with Crippen LogP contribution >= 0.6 is 0 Å². The van der Waals surface area contributed by atoms with Gasteiger partial charge in [-0.25, -0.2) is 0 Å². The topological polar surface area (TPSA) is 66.7 Å². The Kier molecular flexibility index (Phi) is 4.16. The van der Waals surface area contributed by atoms with Crippen molar-refractivity contribution in [2.45, 2.75) is 6.92 Å². The van der Waals surface area contributed by atoms with E-state index in [2.05, 4.69) is 4.98 Å². The quantitative estimate of drug-likeness (QED) is 0.713. The number of amides is 2. The minimum absolute atomic E-state index is 0.0119. The summed E-state index contributed by atoms with van der Waals surface area (Å²) in [5, 5.41) is 0.861. The number of rotatable bonds is 2. The maximum absolute atomic E-state index is 13.1. The predicted octanol–water partition coefficient (Wildman–Crippen LogP) is 2.73. The standard InChI is InChI=1S/C20H19N3O3/c1-14-12-17(16-4-2-3-5-18(16)21-14)20(25)23-9-7-22(8-10-23)19(24)15-6-11-26-13-15/h2-6,11-13H,7-10H2,1H3. The molecule has 132 valence electrons. The van der Waals surface area contributed by atoms with Crippen molar-refractivity contribution in [3.8, 4) is 0 Å². The van der Waals surface area contributed by atoms with Gasteiger partial charge in [0.2, 0.25) is 0 Å². The Bertz CT molecular complexity index is 958. The van der Waals surface area contributed by atoms with Crippen molar-refractivity contribution >= 4 is 22.7 Å². The average Bonchev–Trinajstić information content (AvgIpc) is 3.21. The van der Waals surface area contributed by atoms with Gasteiger partial charge >= 0.3 is 0 Å². The van der Waals surface area contributed by atoms with Gasteiger partial charge in [-0.15, -0.1) is 0 Å². The summed E-state index contributed by atoms with van der Waals surface area (Å²) in [6.45, 7) is 3.94. The summed E-state index contributed by atoms with van der Waals surface area (Å²) in [4.78, 5) is 33.5. The summed E-state index contributed by atoms with van der Waals surface area (Å²) in [5.41, 5.74) is 2.86. The zero-order chi connectivity index (χ0) is 18.1. The number of aromatic nitrogens is 1. The summed E-state index contributed by atoms with van der Waals surface area (Å²) in [5.74, 6) is -0.0711. The van der Waals surface area contributed by atoms with E-state index in [4.69, 9.17) is 4.42 Å². The fraction of sp³-hybridized carbons (Fsp3) is 0.250. The van der Waals surface area contributed by atoms with Crippen LogP contribution in [0.2, 0.25) is 0 Å². The van der Waals surface area contributed by atoms with Crippen LogP contribution in [0.15, 0.2) is 53.3 Å². The van der Waals surface area contributed by atoms with Crippen molar-refractivity contribution in [1.29, 1.82) is 0 Å². The number of benzene rings is 1. The van der Waals surface area contributed by atoms with Gasteiger partial charge in [0.25, 0.3) is 11.8 Å². The van der Waals surface area contributed by atoms with E-state index in [-0.39, 0.29) is 11.8 Å². The number of hydrogen-bond donors (Lipinski definition) is 0. The van der Waals surface area contributed by atoms with E-state index >= 15 is 0 Å². The van der Waals surface area contributed by atoms with Crippen molar-refractivity contribution in [2.75, 3.05) is 26.2 Å². The Morgan fingerprint density at radius 1 is 1.00 bits per heavy atom. The average molecular weight is 349 g/mol. The number of fused-ring (bicyclic) bond motifs is 1. The van der Waals surface area contributed by atoms with Crippen LogP contribution in [0.4, 0.5) is 0 Å². The lowest BCUT2D eigenvalue weighted by Crippen LogP contribution is -2.50. The van der Waals surface area contributed by atoms with E-state index in [0.29, 0.717) is 37.3 Å². The number of furan rings is 1. The summed E-state index contributed by atoms with van der Waals surface area (Å²) in [6, 6.07) is 11.2.